The number of carbonyl (C=O) groups is 1. The van der Waals surface area contributed by atoms with Gasteiger partial charge in [-0.15, -0.1) is 0 Å². The Labute approximate surface area is 116 Å². The van der Waals surface area contributed by atoms with Gasteiger partial charge < -0.3 is 10.1 Å². The van der Waals surface area contributed by atoms with Crippen LogP contribution in [0, 0.1) is 5.82 Å². The number of halogens is 1. The maximum Gasteiger partial charge on any atom is 0.248 e. The second kappa shape index (κ2) is 6.52. The van der Waals surface area contributed by atoms with Crippen LogP contribution in [0.15, 0.2) is 54.6 Å². The van der Waals surface area contributed by atoms with Gasteiger partial charge in [0.15, 0.2) is 0 Å². The first-order valence-electron chi connectivity index (χ1n) is 6.06. The van der Waals surface area contributed by atoms with E-state index in [1.165, 1.54) is 30.3 Å². The zero-order chi connectivity index (χ0) is 14.4. The Bertz CT molecular complexity index is 621. The molecule has 0 bridgehead atoms. The Hall–Kier alpha value is -2.62. The van der Waals surface area contributed by atoms with Gasteiger partial charge in [0.05, 0.1) is 7.11 Å². The van der Waals surface area contributed by atoms with Crippen molar-refractivity contribution in [2.24, 2.45) is 0 Å². The van der Waals surface area contributed by atoms with Gasteiger partial charge in [-0.25, -0.2) is 4.39 Å². The quantitative estimate of drug-likeness (QED) is 0.864. The minimum absolute atomic E-state index is 0.289. The molecule has 0 saturated heterocycles. The Morgan fingerprint density at radius 1 is 1.15 bits per heavy atom. The van der Waals surface area contributed by atoms with Gasteiger partial charge in [0, 0.05) is 17.3 Å². The van der Waals surface area contributed by atoms with E-state index in [2.05, 4.69) is 5.32 Å². The van der Waals surface area contributed by atoms with E-state index in [0.29, 0.717) is 11.4 Å². The number of para-hydroxylation sites is 1. The van der Waals surface area contributed by atoms with E-state index in [1.807, 2.05) is 24.3 Å². The summed E-state index contributed by atoms with van der Waals surface area (Å²) in [6, 6.07) is 13.0. The Kier molecular flexibility index (Phi) is 4.50. The molecular weight excluding hydrogens is 257 g/mol. The van der Waals surface area contributed by atoms with Crippen LogP contribution in [-0.2, 0) is 4.79 Å². The highest BCUT2D eigenvalue weighted by Crippen LogP contribution is 2.18. The average Bonchev–Trinajstić information content (AvgIpc) is 2.48. The lowest BCUT2D eigenvalue weighted by Gasteiger charge is -2.04. The largest absolute Gasteiger partial charge is 0.496 e. The number of hydrogen-bond donors (Lipinski definition) is 1. The van der Waals surface area contributed by atoms with E-state index in [1.54, 1.807) is 13.2 Å². The lowest BCUT2D eigenvalue weighted by molar-refractivity contribution is -0.111. The Morgan fingerprint density at radius 3 is 2.55 bits per heavy atom. The lowest BCUT2D eigenvalue weighted by atomic mass is 10.2. The number of benzene rings is 2. The Balaban J connectivity index is 2.04. The number of methoxy groups -OCH3 is 1. The van der Waals surface area contributed by atoms with Crippen LogP contribution in [0.1, 0.15) is 5.56 Å². The second-order valence-electron chi connectivity index (χ2n) is 4.07. The summed E-state index contributed by atoms with van der Waals surface area (Å²) < 4.78 is 17.9. The van der Waals surface area contributed by atoms with Crippen molar-refractivity contribution in [2.75, 3.05) is 12.4 Å². The number of hydrogen-bond acceptors (Lipinski definition) is 2. The summed E-state index contributed by atoms with van der Waals surface area (Å²) in [4.78, 5) is 11.7. The minimum Gasteiger partial charge on any atom is -0.496 e. The molecule has 0 atom stereocenters. The predicted octanol–water partition coefficient (Wildman–Crippen LogP) is 3.49. The summed E-state index contributed by atoms with van der Waals surface area (Å²) in [6.07, 6.45) is 3.07. The van der Waals surface area contributed by atoms with Crippen molar-refractivity contribution in [2.45, 2.75) is 0 Å². The lowest BCUT2D eigenvalue weighted by Crippen LogP contribution is -2.07. The molecule has 4 heteroatoms. The molecule has 2 aromatic rings. The minimum atomic E-state index is -0.340. The third-order valence-corrected chi connectivity index (χ3v) is 2.66. The van der Waals surface area contributed by atoms with E-state index < -0.39 is 0 Å². The maximum atomic E-state index is 12.7. The standard InChI is InChI=1S/C16H14FNO2/c1-20-15-5-3-2-4-12(15)6-11-16(19)18-14-9-7-13(17)8-10-14/h2-11H,1H3,(H,18,19). The van der Waals surface area contributed by atoms with Crippen molar-refractivity contribution in [1.82, 2.24) is 0 Å². The fourth-order valence-corrected chi connectivity index (χ4v) is 1.69. The molecule has 1 N–H and O–H groups in total. The Morgan fingerprint density at radius 2 is 1.85 bits per heavy atom. The summed E-state index contributed by atoms with van der Waals surface area (Å²) in [5.74, 6) is 0.0633. The van der Waals surface area contributed by atoms with E-state index in [9.17, 15) is 9.18 Å². The monoisotopic (exact) mass is 271 g/mol. The number of carbonyl (C=O) groups excluding carboxylic acids is 1. The van der Waals surface area contributed by atoms with Gasteiger partial charge in [-0.3, -0.25) is 4.79 Å². The predicted molar refractivity (Wildman–Crippen MR) is 77.1 cm³/mol. The van der Waals surface area contributed by atoms with Crippen molar-refractivity contribution in [3.05, 3.63) is 66.0 Å². The van der Waals surface area contributed by atoms with E-state index in [4.69, 9.17) is 4.74 Å². The molecule has 0 saturated carbocycles. The van der Waals surface area contributed by atoms with Gasteiger partial charge in [0.25, 0.3) is 0 Å². The highest BCUT2D eigenvalue weighted by molar-refractivity contribution is 6.02. The topological polar surface area (TPSA) is 38.3 Å². The summed E-state index contributed by atoms with van der Waals surface area (Å²) >= 11 is 0. The smallest absolute Gasteiger partial charge is 0.248 e. The van der Waals surface area contributed by atoms with Crippen LogP contribution < -0.4 is 10.1 Å². The van der Waals surface area contributed by atoms with Gasteiger partial charge in [0.2, 0.25) is 5.91 Å². The first-order chi connectivity index (χ1) is 9.69. The molecule has 20 heavy (non-hydrogen) atoms. The fraction of sp³-hybridized carbons (Fsp3) is 0.0625. The van der Waals surface area contributed by atoms with E-state index in [-0.39, 0.29) is 11.7 Å². The van der Waals surface area contributed by atoms with Crippen LogP contribution in [0.25, 0.3) is 6.08 Å². The number of ether oxygens (including phenoxy) is 1. The van der Waals surface area contributed by atoms with Crippen molar-refractivity contribution >= 4 is 17.7 Å². The van der Waals surface area contributed by atoms with Crippen molar-refractivity contribution in [1.29, 1.82) is 0 Å². The first-order valence-corrected chi connectivity index (χ1v) is 6.06. The summed E-state index contributed by atoms with van der Waals surface area (Å²) in [5.41, 5.74) is 1.35. The molecule has 1 amide bonds. The van der Waals surface area contributed by atoms with Crippen molar-refractivity contribution < 1.29 is 13.9 Å². The van der Waals surface area contributed by atoms with Crippen LogP contribution in [0.3, 0.4) is 0 Å². The van der Waals surface area contributed by atoms with Crippen LogP contribution >= 0.6 is 0 Å². The second-order valence-corrected chi connectivity index (χ2v) is 4.07. The van der Waals surface area contributed by atoms with Gasteiger partial charge in [0.1, 0.15) is 11.6 Å². The molecule has 0 aromatic heterocycles. The zero-order valence-electron chi connectivity index (χ0n) is 11.0. The number of nitrogens with one attached hydrogen (secondary N) is 1. The zero-order valence-corrected chi connectivity index (χ0v) is 11.0. The molecule has 0 unspecified atom stereocenters. The van der Waals surface area contributed by atoms with Crippen molar-refractivity contribution in [3.8, 4) is 5.75 Å². The van der Waals surface area contributed by atoms with Crippen LogP contribution in [-0.4, -0.2) is 13.0 Å². The van der Waals surface area contributed by atoms with E-state index in [0.717, 1.165) is 5.56 Å². The summed E-state index contributed by atoms with van der Waals surface area (Å²) in [7, 11) is 1.57. The molecule has 0 radical (unpaired) electrons. The van der Waals surface area contributed by atoms with Gasteiger partial charge in [-0.2, -0.15) is 0 Å². The molecule has 2 aromatic carbocycles. The molecular formula is C16H14FNO2. The third-order valence-electron chi connectivity index (χ3n) is 2.66. The van der Waals surface area contributed by atoms with Gasteiger partial charge in [-0.1, -0.05) is 18.2 Å². The molecule has 0 aliphatic rings. The van der Waals surface area contributed by atoms with Crippen LogP contribution in [0.4, 0.5) is 10.1 Å². The highest BCUT2D eigenvalue weighted by Gasteiger charge is 2.00. The molecule has 0 aliphatic heterocycles. The third kappa shape index (κ3) is 3.68. The SMILES string of the molecule is COc1ccccc1C=CC(=O)Nc1ccc(F)cc1. The molecule has 0 fully saturated rings. The van der Waals surface area contributed by atoms with Gasteiger partial charge in [-0.05, 0) is 36.4 Å². The molecule has 3 nitrogen and oxygen atoms in total. The molecule has 2 rings (SSSR count). The van der Waals surface area contributed by atoms with Crippen LogP contribution in [0.2, 0.25) is 0 Å². The fourth-order valence-electron chi connectivity index (χ4n) is 1.69. The molecule has 102 valence electrons. The molecule has 0 heterocycles. The maximum absolute atomic E-state index is 12.7. The number of rotatable bonds is 4. The normalized spacial score (nSPS) is 10.5. The number of amides is 1. The highest BCUT2D eigenvalue weighted by atomic mass is 19.1. The summed E-state index contributed by atoms with van der Waals surface area (Å²) in [6.45, 7) is 0. The molecule has 0 aliphatic carbocycles. The first kappa shape index (κ1) is 13.8. The van der Waals surface area contributed by atoms with Crippen molar-refractivity contribution in [3.63, 3.8) is 0 Å². The van der Waals surface area contributed by atoms with Gasteiger partial charge >= 0.3 is 0 Å². The number of anilines is 1. The summed E-state index contributed by atoms with van der Waals surface area (Å²) in [5, 5.41) is 2.64. The van der Waals surface area contributed by atoms with E-state index >= 15 is 0 Å². The van der Waals surface area contributed by atoms with Crippen LogP contribution in [0.5, 0.6) is 5.75 Å². The average molecular weight is 271 g/mol. The molecule has 0 spiro atoms.